The predicted octanol–water partition coefficient (Wildman–Crippen LogP) is 2.44. The van der Waals surface area contributed by atoms with Gasteiger partial charge in [0.2, 0.25) is 5.91 Å². The molecule has 24 heavy (non-hydrogen) atoms. The summed E-state index contributed by atoms with van der Waals surface area (Å²) in [6.45, 7) is 0. The van der Waals surface area contributed by atoms with Crippen molar-refractivity contribution in [2.24, 2.45) is 5.92 Å². The van der Waals surface area contributed by atoms with Gasteiger partial charge in [-0.25, -0.2) is 17.5 Å². The summed E-state index contributed by atoms with van der Waals surface area (Å²) in [6, 6.07) is 11.7. The van der Waals surface area contributed by atoms with Crippen LogP contribution in [0.5, 0.6) is 5.75 Å². The summed E-state index contributed by atoms with van der Waals surface area (Å²) >= 11 is 0. The van der Waals surface area contributed by atoms with Crippen LogP contribution in [0, 0.1) is 11.7 Å². The maximum atomic E-state index is 12.9. The Morgan fingerprint density at radius 3 is 2.33 bits per heavy atom. The average Bonchev–Trinajstić information content (AvgIpc) is 3.36. The summed E-state index contributed by atoms with van der Waals surface area (Å²) < 4.78 is 44.3. The highest BCUT2D eigenvalue weighted by molar-refractivity contribution is 7.90. The molecule has 2 aromatic rings. The van der Waals surface area contributed by atoms with Crippen LogP contribution >= 0.6 is 0 Å². The van der Waals surface area contributed by atoms with Crippen molar-refractivity contribution in [1.29, 1.82) is 0 Å². The smallest absolute Gasteiger partial charge is 0.264 e. The molecule has 0 saturated heterocycles. The van der Waals surface area contributed by atoms with Crippen molar-refractivity contribution in [3.8, 4) is 5.75 Å². The van der Waals surface area contributed by atoms with Gasteiger partial charge in [-0.05, 0) is 54.3 Å². The molecular weight excluding hydrogens is 333 g/mol. The van der Waals surface area contributed by atoms with Crippen molar-refractivity contribution < 1.29 is 22.3 Å². The fraction of sp³-hybridized carbons (Fsp3) is 0.235. The number of amides is 1. The van der Waals surface area contributed by atoms with Gasteiger partial charge < -0.3 is 4.74 Å². The number of methoxy groups -OCH3 is 1. The van der Waals surface area contributed by atoms with E-state index in [1.807, 2.05) is 12.1 Å². The molecule has 1 N–H and O–H groups in total. The molecule has 2 atom stereocenters. The normalized spacial score (nSPS) is 19.6. The lowest BCUT2D eigenvalue weighted by atomic mass is 10.1. The zero-order valence-corrected chi connectivity index (χ0v) is 13.7. The molecule has 7 heteroatoms. The molecule has 0 spiro atoms. The number of ether oxygens (including phenoxy) is 1. The number of halogens is 1. The Balaban J connectivity index is 1.66. The number of hydrogen-bond donors (Lipinski definition) is 1. The Bertz CT molecular complexity index is 847. The van der Waals surface area contributed by atoms with Gasteiger partial charge in [0, 0.05) is 5.92 Å². The maximum Gasteiger partial charge on any atom is 0.264 e. The van der Waals surface area contributed by atoms with E-state index in [1.165, 1.54) is 0 Å². The van der Waals surface area contributed by atoms with Gasteiger partial charge >= 0.3 is 0 Å². The lowest BCUT2D eigenvalue weighted by molar-refractivity contribution is -0.120. The molecule has 1 saturated carbocycles. The number of carbonyl (C=O) groups is 1. The van der Waals surface area contributed by atoms with Crippen LogP contribution < -0.4 is 9.46 Å². The second-order valence-corrected chi connectivity index (χ2v) is 7.33. The van der Waals surface area contributed by atoms with Crippen LogP contribution in [-0.4, -0.2) is 21.4 Å². The summed E-state index contributed by atoms with van der Waals surface area (Å²) in [5.41, 5.74) is 0.968. The fourth-order valence-electron chi connectivity index (χ4n) is 2.59. The maximum absolute atomic E-state index is 12.9. The zero-order chi connectivity index (χ0) is 17.3. The molecule has 0 heterocycles. The molecule has 1 fully saturated rings. The fourth-order valence-corrected chi connectivity index (χ4v) is 3.61. The molecule has 0 unspecified atom stereocenters. The van der Waals surface area contributed by atoms with Crippen molar-refractivity contribution in [1.82, 2.24) is 4.72 Å². The first-order valence-corrected chi connectivity index (χ1v) is 8.85. The molecule has 1 aliphatic rings. The molecule has 1 aliphatic carbocycles. The highest BCUT2D eigenvalue weighted by Crippen LogP contribution is 2.47. The van der Waals surface area contributed by atoms with E-state index in [2.05, 4.69) is 4.72 Å². The molecule has 2 aromatic carbocycles. The standard InChI is InChI=1S/C17H16FNO4S/c1-23-13-6-2-11(3-7-13)15-10-16(15)17(20)19-24(21,22)14-8-4-12(18)5-9-14/h2-9,15-16H,10H2,1H3,(H,19,20)/t15-,16-/m0/s1. The Hall–Kier alpha value is -2.41. The average molecular weight is 349 g/mol. The van der Waals surface area contributed by atoms with Crippen LogP contribution in [0.1, 0.15) is 17.9 Å². The molecule has 5 nitrogen and oxygen atoms in total. The van der Waals surface area contributed by atoms with Gasteiger partial charge in [0.25, 0.3) is 10.0 Å². The molecular formula is C17H16FNO4S. The second-order valence-electron chi connectivity index (χ2n) is 5.65. The quantitative estimate of drug-likeness (QED) is 0.900. The van der Waals surface area contributed by atoms with Crippen LogP contribution in [0.4, 0.5) is 4.39 Å². The SMILES string of the molecule is COc1ccc([C@@H]2C[C@@H]2C(=O)NS(=O)(=O)c2ccc(F)cc2)cc1. The summed E-state index contributed by atoms with van der Waals surface area (Å²) in [7, 11) is -2.41. The van der Waals surface area contributed by atoms with E-state index in [4.69, 9.17) is 4.74 Å². The molecule has 1 amide bonds. The Morgan fingerprint density at radius 2 is 1.75 bits per heavy atom. The largest absolute Gasteiger partial charge is 0.497 e. The Labute approximate surface area is 139 Å². The van der Waals surface area contributed by atoms with E-state index >= 15 is 0 Å². The third kappa shape index (κ3) is 3.41. The zero-order valence-electron chi connectivity index (χ0n) is 12.9. The lowest BCUT2D eigenvalue weighted by Crippen LogP contribution is -2.32. The van der Waals surface area contributed by atoms with Crippen molar-refractivity contribution >= 4 is 15.9 Å². The Kier molecular flexibility index (Phi) is 4.28. The van der Waals surface area contributed by atoms with Crippen LogP contribution in [0.2, 0.25) is 0 Å². The lowest BCUT2D eigenvalue weighted by Gasteiger charge is -2.07. The first kappa shape index (κ1) is 16.4. The minimum atomic E-state index is -3.98. The minimum absolute atomic E-state index is 0.000626. The Morgan fingerprint density at radius 1 is 1.12 bits per heavy atom. The molecule has 0 aromatic heterocycles. The summed E-state index contributed by atoms with van der Waals surface area (Å²) in [5, 5.41) is 0. The summed E-state index contributed by atoms with van der Waals surface area (Å²) in [4.78, 5) is 12.0. The topological polar surface area (TPSA) is 72.5 Å². The molecule has 126 valence electrons. The van der Waals surface area contributed by atoms with Gasteiger partial charge in [0.05, 0.1) is 12.0 Å². The van der Waals surface area contributed by atoms with Gasteiger partial charge in [-0.15, -0.1) is 0 Å². The first-order valence-electron chi connectivity index (χ1n) is 7.37. The number of sulfonamides is 1. The number of rotatable bonds is 5. The molecule has 0 aliphatic heterocycles. The van der Waals surface area contributed by atoms with Gasteiger partial charge in [-0.3, -0.25) is 4.79 Å². The first-order chi connectivity index (χ1) is 11.4. The third-order valence-electron chi connectivity index (χ3n) is 4.03. The van der Waals surface area contributed by atoms with Gasteiger partial charge in [0.1, 0.15) is 11.6 Å². The van der Waals surface area contributed by atoms with Crippen molar-refractivity contribution in [3.05, 3.63) is 59.9 Å². The second kappa shape index (κ2) is 6.24. The summed E-state index contributed by atoms with van der Waals surface area (Å²) in [5.74, 6) is -0.741. The van der Waals surface area contributed by atoms with E-state index in [0.717, 1.165) is 35.6 Å². The molecule has 0 bridgehead atoms. The van der Waals surface area contributed by atoms with E-state index in [9.17, 15) is 17.6 Å². The highest BCUT2D eigenvalue weighted by Gasteiger charge is 2.45. The molecule has 0 radical (unpaired) electrons. The van der Waals surface area contributed by atoms with Crippen molar-refractivity contribution in [3.63, 3.8) is 0 Å². The highest BCUT2D eigenvalue weighted by atomic mass is 32.2. The van der Waals surface area contributed by atoms with Crippen LogP contribution in [0.15, 0.2) is 53.4 Å². The third-order valence-corrected chi connectivity index (χ3v) is 5.39. The van der Waals surface area contributed by atoms with E-state index in [-0.39, 0.29) is 16.7 Å². The van der Waals surface area contributed by atoms with Crippen molar-refractivity contribution in [2.45, 2.75) is 17.2 Å². The van der Waals surface area contributed by atoms with Crippen molar-refractivity contribution in [2.75, 3.05) is 7.11 Å². The number of carbonyl (C=O) groups excluding carboxylic acids is 1. The van der Waals surface area contributed by atoms with Gasteiger partial charge in [0.15, 0.2) is 0 Å². The van der Waals surface area contributed by atoms with Crippen LogP contribution in [0.25, 0.3) is 0 Å². The van der Waals surface area contributed by atoms with Crippen LogP contribution in [-0.2, 0) is 14.8 Å². The van der Waals surface area contributed by atoms with Gasteiger partial charge in [-0.2, -0.15) is 0 Å². The summed E-state index contributed by atoms with van der Waals surface area (Å²) in [6.07, 6.45) is 0.594. The number of hydrogen-bond acceptors (Lipinski definition) is 4. The predicted molar refractivity (Wildman–Crippen MR) is 85.6 cm³/mol. The van der Waals surface area contributed by atoms with Crippen LogP contribution in [0.3, 0.4) is 0 Å². The minimum Gasteiger partial charge on any atom is -0.497 e. The molecule has 3 rings (SSSR count). The van der Waals surface area contributed by atoms with E-state index < -0.39 is 21.7 Å². The number of benzene rings is 2. The number of nitrogens with one attached hydrogen (secondary N) is 1. The monoisotopic (exact) mass is 349 g/mol. The van der Waals surface area contributed by atoms with Gasteiger partial charge in [-0.1, -0.05) is 12.1 Å². The van der Waals surface area contributed by atoms with E-state index in [1.54, 1.807) is 19.2 Å². The van der Waals surface area contributed by atoms with E-state index in [0.29, 0.717) is 6.42 Å².